The molecule has 0 spiro atoms. The first-order chi connectivity index (χ1) is 6.52. The van der Waals surface area contributed by atoms with Gasteiger partial charge in [0.15, 0.2) is 0 Å². The zero-order chi connectivity index (χ0) is 11.0. The highest BCUT2D eigenvalue weighted by Crippen LogP contribution is 1.92. The van der Waals surface area contributed by atoms with Crippen LogP contribution in [0.4, 0.5) is 9.59 Å². The minimum absolute atomic E-state index is 0. The number of aliphatic hydroxyl groups excluding tert-OH is 1. The van der Waals surface area contributed by atoms with Crippen LogP contribution in [-0.4, -0.2) is 48.8 Å². The van der Waals surface area contributed by atoms with Gasteiger partial charge in [-0.2, -0.15) is 0 Å². The molecule has 1 atom stereocenters. The molecule has 8 N–H and O–H groups in total. The molecule has 1 amide bonds. The normalized spacial score (nSPS) is 13.8. The summed E-state index contributed by atoms with van der Waals surface area (Å²) in [4.78, 5) is 19.6. The molecule has 1 aliphatic rings. The number of nitrogens with two attached hydrogens (primary N) is 1. The van der Waals surface area contributed by atoms with Gasteiger partial charge in [0.25, 0.3) is 0 Å². The molecular formula is C7H18N2O7. The number of primary amides is 1. The van der Waals surface area contributed by atoms with Gasteiger partial charge in [0.05, 0.1) is 6.10 Å². The van der Waals surface area contributed by atoms with Gasteiger partial charge >= 0.3 is 12.2 Å². The highest BCUT2D eigenvalue weighted by atomic mass is 16.8. The van der Waals surface area contributed by atoms with E-state index in [0.29, 0.717) is 13.2 Å². The van der Waals surface area contributed by atoms with E-state index in [0.717, 1.165) is 0 Å². The molecular weight excluding hydrogens is 224 g/mol. The molecule has 1 heterocycles. The predicted molar refractivity (Wildman–Crippen MR) is 53.2 cm³/mol. The van der Waals surface area contributed by atoms with Crippen LogP contribution < -0.4 is 11.9 Å². The Morgan fingerprint density at radius 2 is 2.00 bits per heavy atom. The topological polar surface area (TPSA) is 175 Å². The molecule has 0 saturated carbocycles. The van der Waals surface area contributed by atoms with Crippen LogP contribution in [0.25, 0.3) is 0 Å². The molecule has 1 unspecified atom stereocenters. The van der Waals surface area contributed by atoms with Crippen LogP contribution >= 0.6 is 0 Å². The van der Waals surface area contributed by atoms with Gasteiger partial charge in [0, 0.05) is 0 Å². The molecule has 1 aliphatic heterocycles. The molecule has 0 aromatic rings. The first kappa shape index (κ1) is 19.9. The highest BCUT2D eigenvalue weighted by molar-refractivity contribution is 5.64. The molecule has 0 bridgehead atoms. The fourth-order valence-corrected chi connectivity index (χ4v) is 0.494. The van der Waals surface area contributed by atoms with Crippen molar-refractivity contribution in [1.82, 2.24) is 6.15 Å². The summed E-state index contributed by atoms with van der Waals surface area (Å²) >= 11 is 0. The Morgan fingerprint density at radius 3 is 2.12 bits per heavy atom. The number of cyclic esters (lactones) is 2. The lowest BCUT2D eigenvalue weighted by atomic mass is 10.5. The summed E-state index contributed by atoms with van der Waals surface area (Å²) in [6.07, 6.45) is -2.04. The molecule has 0 aliphatic carbocycles. The largest absolute Gasteiger partial charge is 0.508 e. The van der Waals surface area contributed by atoms with Crippen molar-refractivity contribution < 1.29 is 34.4 Å². The lowest BCUT2D eigenvalue weighted by Gasteiger charge is -2.01. The monoisotopic (exact) mass is 242 g/mol. The van der Waals surface area contributed by atoms with Gasteiger partial charge in [-0.25, -0.2) is 9.59 Å². The fraction of sp³-hybridized carbons (Fsp3) is 0.714. The van der Waals surface area contributed by atoms with E-state index in [-0.39, 0.29) is 18.2 Å². The first-order valence-corrected chi connectivity index (χ1v) is 3.92. The van der Waals surface area contributed by atoms with Crippen molar-refractivity contribution in [2.24, 2.45) is 5.73 Å². The Kier molecular flexibility index (Phi) is 14.3. The Labute approximate surface area is 92.3 Å². The van der Waals surface area contributed by atoms with Crippen LogP contribution in [0.3, 0.4) is 0 Å². The number of carbonyl (C=O) groups is 2. The van der Waals surface area contributed by atoms with Crippen molar-refractivity contribution in [2.75, 3.05) is 19.8 Å². The number of amides is 1. The zero-order valence-electron chi connectivity index (χ0n) is 8.97. The van der Waals surface area contributed by atoms with Crippen LogP contribution in [0.1, 0.15) is 6.92 Å². The standard InChI is InChI=1S/C4H9NO3.C3H4O3.H3N.H2O/c1-3(6)2-8-4(5)7;4-3-5-1-2-6-3;;/h3,6H,2H2,1H3,(H2,5,7);1-2H2;1H3;1H2. The summed E-state index contributed by atoms with van der Waals surface area (Å²) in [5.74, 6) is 0. The maximum atomic E-state index is 9.80. The van der Waals surface area contributed by atoms with Crippen LogP contribution in [0.2, 0.25) is 0 Å². The van der Waals surface area contributed by atoms with Crippen molar-refractivity contribution in [2.45, 2.75) is 13.0 Å². The van der Waals surface area contributed by atoms with Crippen molar-refractivity contribution in [1.29, 1.82) is 0 Å². The van der Waals surface area contributed by atoms with Crippen molar-refractivity contribution in [3.63, 3.8) is 0 Å². The summed E-state index contributed by atoms with van der Waals surface area (Å²) in [7, 11) is 0. The third kappa shape index (κ3) is 14.9. The third-order valence-corrected chi connectivity index (χ3v) is 0.990. The van der Waals surface area contributed by atoms with Crippen LogP contribution in [-0.2, 0) is 14.2 Å². The Bertz CT molecular complexity index is 189. The number of hydrogen-bond acceptors (Lipinski definition) is 7. The second-order valence-electron chi connectivity index (χ2n) is 2.43. The highest BCUT2D eigenvalue weighted by Gasteiger charge is 2.09. The molecule has 98 valence electrons. The fourth-order valence-electron chi connectivity index (χ4n) is 0.494. The average Bonchev–Trinajstić information content (AvgIpc) is 2.53. The number of hydrogen-bond donors (Lipinski definition) is 3. The SMILES string of the molecule is CC(O)COC(N)=O.N.O.O=C1OCCO1. The molecule has 16 heavy (non-hydrogen) atoms. The molecule has 1 saturated heterocycles. The summed E-state index contributed by atoms with van der Waals surface area (Å²) in [6.45, 7) is 2.30. The van der Waals surface area contributed by atoms with Crippen molar-refractivity contribution in [3.8, 4) is 0 Å². The first-order valence-electron chi connectivity index (χ1n) is 3.92. The van der Waals surface area contributed by atoms with E-state index in [1.165, 1.54) is 6.92 Å². The van der Waals surface area contributed by atoms with Crippen LogP contribution in [0.15, 0.2) is 0 Å². The van der Waals surface area contributed by atoms with E-state index in [4.69, 9.17) is 5.11 Å². The minimum atomic E-state index is -0.856. The van der Waals surface area contributed by atoms with Gasteiger partial charge in [0.2, 0.25) is 0 Å². The minimum Gasteiger partial charge on any atom is -0.447 e. The maximum Gasteiger partial charge on any atom is 0.508 e. The second-order valence-corrected chi connectivity index (χ2v) is 2.43. The quantitative estimate of drug-likeness (QED) is 0.517. The van der Waals surface area contributed by atoms with E-state index in [1.54, 1.807) is 0 Å². The van der Waals surface area contributed by atoms with E-state index < -0.39 is 18.4 Å². The van der Waals surface area contributed by atoms with Crippen LogP contribution in [0.5, 0.6) is 0 Å². The van der Waals surface area contributed by atoms with E-state index in [9.17, 15) is 9.59 Å². The predicted octanol–water partition coefficient (Wildman–Crippen LogP) is -1.05. The van der Waals surface area contributed by atoms with Crippen molar-refractivity contribution >= 4 is 12.2 Å². The molecule has 1 fully saturated rings. The smallest absolute Gasteiger partial charge is 0.447 e. The van der Waals surface area contributed by atoms with Gasteiger partial charge in [-0.3, -0.25) is 0 Å². The van der Waals surface area contributed by atoms with E-state index in [2.05, 4.69) is 19.9 Å². The lowest BCUT2D eigenvalue weighted by molar-refractivity contribution is 0.0833. The van der Waals surface area contributed by atoms with Gasteiger partial charge < -0.3 is 36.7 Å². The molecule has 0 aromatic carbocycles. The molecule has 9 nitrogen and oxygen atoms in total. The Balaban J connectivity index is -0.000000192. The summed E-state index contributed by atoms with van der Waals surface area (Å²) in [6, 6.07) is 0. The van der Waals surface area contributed by atoms with Crippen molar-refractivity contribution in [3.05, 3.63) is 0 Å². The second kappa shape index (κ2) is 11.5. The summed E-state index contributed by atoms with van der Waals surface area (Å²) < 4.78 is 12.8. The molecule has 9 heteroatoms. The molecule has 0 aromatic heterocycles. The van der Waals surface area contributed by atoms with Gasteiger partial charge in [-0.05, 0) is 6.92 Å². The van der Waals surface area contributed by atoms with Gasteiger partial charge in [-0.15, -0.1) is 0 Å². The average molecular weight is 242 g/mol. The lowest BCUT2D eigenvalue weighted by Crippen LogP contribution is -2.19. The summed E-state index contributed by atoms with van der Waals surface area (Å²) in [5.41, 5.74) is 4.57. The number of aliphatic hydroxyl groups is 1. The van der Waals surface area contributed by atoms with E-state index >= 15 is 0 Å². The molecule has 0 radical (unpaired) electrons. The van der Waals surface area contributed by atoms with Gasteiger partial charge in [0.1, 0.15) is 19.8 Å². The van der Waals surface area contributed by atoms with Gasteiger partial charge in [-0.1, -0.05) is 0 Å². The third-order valence-electron chi connectivity index (χ3n) is 0.990. The summed E-state index contributed by atoms with van der Waals surface area (Å²) in [5, 5.41) is 8.47. The maximum absolute atomic E-state index is 9.80. The van der Waals surface area contributed by atoms with Crippen LogP contribution in [0, 0.1) is 0 Å². The Hall–Kier alpha value is -1.58. The number of rotatable bonds is 2. The molecule has 1 rings (SSSR count). The number of ether oxygens (including phenoxy) is 3. The Morgan fingerprint density at radius 1 is 1.56 bits per heavy atom. The van der Waals surface area contributed by atoms with E-state index in [1.807, 2.05) is 0 Å². The number of carbonyl (C=O) groups excluding carboxylic acids is 2. The zero-order valence-corrected chi connectivity index (χ0v) is 8.97.